The van der Waals surface area contributed by atoms with E-state index in [1.165, 1.54) is 0 Å². The maximum Gasteiger partial charge on any atom is 0.336 e. The van der Waals surface area contributed by atoms with Crippen molar-refractivity contribution < 1.29 is 58.8 Å². The minimum Gasteiger partial charge on any atom is -0.478 e. The second kappa shape index (κ2) is 21.8. The van der Waals surface area contributed by atoms with Gasteiger partial charge in [0.1, 0.15) is 0 Å². The van der Waals surface area contributed by atoms with Crippen LogP contribution in [0, 0.1) is 0 Å². The molecule has 4 rings (SSSR count). The molecule has 320 valence electrons. The summed E-state index contributed by atoms with van der Waals surface area (Å²) in [7, 11) is 0. The number of unbranched alkanes of at least 4 members (excludes halogenated alkanes) is 10. The Bertz CT molecular complexity index is 2120. The van der Waals surface area contributed by atoms with Gasteiger partial charge >= 0.3 is 23.9 Å². The van der Waals surface area contributed by atoms with Crippen LogP contribution in [0.25, 0.3) is 21.5 Å². The SMILES string of the molecule is CCCCCCCCc1c(CCCCCCCC)c(C(N)=O)c2c(C(=O)O)ccc(C(=O)O)c2c1C(N)=O.NC(=O)c1ccc(C(N)=O)c2c(C(=O)O)ccc(C(=O)O)c12. The Kier molecular flexibility index (Phi) is 17.3. The normalized spacial score (nSPS) is 10.8. The molecule has 0 aliphatic heterocycles. The summed E-state index contributed by atoms with van der Waals surface area (Å²) in [6, 6.07) is 6.64. The highest BCUT2D eigenvalue weighted by Gasteiger charge is 2.30. The summed E-state index contributed by atoms with van der Waals surface area (Å²) >= 11 is 0. The number of carbonyl (C=O) groups excluding carboxylic acids is 4. The summed E-state index contributed by atoms with van der Waals surface area (Å²) < 4.78 is 0. The Morgan fingerprint density at radius 3 is 0.867 bits per heavy atom. The van der Waals surface area contributed by atoms with E-state index in [4.69, 9.17) is 22.9 Å². The Hall–Kier alpha value is -6.84. The van der Waals surface area contributed by atoms with E-state index in [2.05, 4.69) is 13.8 Å². The lowest BCUT2D eigenvalue weighted by Crippen LogP contribution is -2.24. The standard InChI is InChI=1S/C30H42N2O6.C14H10N2O6/c1-3-5-7-9-11-13-15-19-20(16-14-12-10-8-6-4-2)26(28(32)34)24-22(30(37)38)18-17-21(29(35)36)23(24)25(19)27(31)33;15-11(17)5-1-2-6(12(16)18)10-8(14(21)22)4-3-7(9(5)10)13(19)20/h17-18H,3-16H2,1-2H3,(H2,31,33)(H2,32,34)(H,35,36)(H,37,38);1-4H,(H2,15,17)(H2,16,18)(H,19,20)(H,21,22). The Morgan fingerprint density at radius 2 is 0.617 bits per heavy atom. The monoisotopic (exact) mass is 828 g/mol. The predicted octanol–water partition coefficient (Wildman–Crippen LogP) is 6.67. The molecule has 0 unspecified atom stereocenters. The van der Waals surface area contributed by atoms with Crippen LogP contribution >= 0.6 is 0 Å². The van der Waals surface area contributed by atoms with Crippen LogP contribution in [0.3, 0.4) is 0 Å². The van der Waals surface area contributed by atoms with Crippen LogP contribution in [0.5, 0.6) is 0 Å². The fraction of sp³-hybridized carbons (Fsp3) is 0.364. The third kappa shape index (κ3) is 11.0. The first-order valence-corrected chi connectivity index (χ1v) is 19.8. The molecule has 4 aromatic carbocycles. The van der Waals surface area contributed by atoms with Crippen LogP contribution in [0.2, 0.25) is 0 Å². The van der Waals surface area contributed by atoms with Crippen molar-refractivity contribution in [3.8, 4) is 0 Å². The van der Waals surface area contributed by atoms with E-state index in [0.29, 0.717) is 24.0 Å². The minimum absolute atomic E-state index is 0.0139. The van der Waals surface area contributed by atoms with Gasteiger partial charge in [0.25, 0.3) is 0 Å². The fourth-order valence-corrected chi connectivity index (χ4v) is 7.60. The lowest BCUT2D eigenvalue weighted by Gasteiger charge is -2.22. The van der Waals surface area contributed by atoms with Crippen molar-refractivity contribution in [3.05, 3.63) is 92.0 Å². The molecule has 60 heavy (non-hydrogen) atoms. The van der Waals surface area contributed by atoms with Gasteiger partial charge in [0, 0.05) is 32.7 Å². The van der Waals surface area contributed by atoms with Crippen LogP contribution in [-0.2, 0) is 12.8 Å². The van der Waals surface area contributed by atoms with Gasteiger partial charge in [-0.05, 0) is 73.2 Å². The second-order valence-electron chi connectivity index (χ2n) is 14.4. The highest BCUT2D eigenvalue weighted by atomic mass is 16.4. The molecule has 0 saturated carbocycles. The number of nitrogens with two attached hydrogens (primary N) is 4. The first-order valence-electron chi connectivity index (χ1n) is 19.8. The Balaban J connectivity index is 0.000000369. The summed E-state index contributed by atoms with van der Waals surface area (Å²) in [5.74, 6) is -9.09. The van der Waals surface area contributed by atoms with E-state index < -0.39 is 47.5 Å². The number of rotatable bonds is 22. The van der Waals surface area contributed by atoms with Gasteiger partial charge in [-0.1, -0.05) is 78.1 Å². The molecule has 0 aliphatic rings. The molecule has 4 aromatic rings. The number of benzene rings is 4. The number of hydrogen-bond donors (Lipinski definition) is 8. The molecule has 0 heterocycles. The van der Waals surface area contributed by atoms with Crippen molar-refractivity contribution in [1.82, 2.24) is 0 Å². The fourth-order valence-electron chi connectivity index (χ4n) is 7.60. The average molecular weight is 829 g/mol. The largest absolute Gasteiger partial charge is 0.478 e. The summed E-state index contributed by atoms with van der Waals surface area (Å²) in [6.07, 6.45) is 12.8. The lowest BCUT2D eigenvalue weighted by atomic mass is 9.81. The lowest BCUT2D eigenvalue weighted by molar-refractivity contribution is 0.0684. The molecule has 0 aliphatic carbocycles. The van der Waals surface area contributed by atoms with Crippen molar-refractivity contribution in [2.75, 3.05) is 0 Å². The van der Waals surface area contributed by atoms with Crippen LogP contribution < -0.4 is 22.9 Å². The van der Waals surface area contributed by atoms with Gasteiger partial charge in [-0.2, -0.15) is 0 Å². The van der Waals surface area contributed by atoms with Gasteiger partial charge in [-0.15, -0.1) is 0 Å². The number of carboxylic acids is 4. The highest BCUT2D eigenvalue weighted by molar-refractivity contribution is 6.25. The first-order chi connectivity index (χ1) is 28.4. The number of primary amides is 4. The van der Waals surface area contributed by atoms with Crippen LogP contribution in [0.4, 0.5) is 0 Å². The van der Waals surface area contributed by atoms with Crippen molar-refractivity contribution in [3.63, 3.8) is 0 Å². The third-order valence-electron chi connectivity index (χ3n) is 10.3. The van der Waals surface area contributed by atoms with Crippen molar-refractivity contribution >= 4 is 69.1 Å². The van der Waals surface area contributed by atoms with E-state index in [9.17, 15) is 58.8 Å². The zero-order valence-electron chi connectivity index (χ0n) is 33.7. The molecule has 0 atom stereocenters. The number of aromatic carboxylic acids is 4. The molecule has 16 heteroatoms. The van der Waals surface area contributed by atoms with Crippen LogP contribution in [0.15, 0.2) is 36.4 Å². The quantitative estimate of drug-likeness (QED) is 0.0385. The Morgan fingerprint density at radius 1 is 0.367 bits per heavy atom. The van der Waals surface area contributed by atoms with E-state index in [1.54, 1.807) is 0 Å². The van der Waals surface area contributed by atoms with Gasteiger partial charge < -0.3 is 43.4 Å². The maximum atomic E-state index is 12.9. The van der Waals surface area contributed by atoms with Crippen molar-refractivity contribution in [2.24, 2.45) is 22.9 Å². The number of hydrogen-bond acceptors (Lipinski definition) is 8. The summed E-state index contributed by atoms with van der Waals surface area (Å²) in [5, 5.41) is 37.6. The van der Waals surface area contributed by atoms with Gasteiger partial charge in [0.2, 0.25) is 23.6 Å². The molecule has 0 bridgehead atoms. The zero-order valence-corrected chi connectivity index (χ0v) is 33.7. The van der Waals surface area contributed by atoms with Gasteiger partial charge in [-0.3, -0.25) is 19.2 Å². The molecule has 16 nitrogen and oxygen atoms in total. The van der Waals surface area contributed by atoms with Gasteiger partial charge in [0.05, 0.1) is 33.4 Å². The number of carbonyl (C=O) groups is 8. The molecular weight excluding hydrogens is 776 g/mol. The maximum absolute atomic E-state index is 12.9. The van der Waals surface area contributed by atoms with E-state index in [1.807, 2.05) is 0 Å². The molecule has 0 radical (unpaired) electrons. The van der Waals surface area contributed by atoms with Gasteiger partial charge in [-0.25, -0.2) is 19.2 Å². The van der Waals surface area contributed by atoms with E-state index in [-0.39, 0.29) is 66.1 Å². The number of amides is 4. The van der Waals surface area contributed by atoms with Gasteiger partial charge in [0.15, 0.2) is 0 Å². The predicted molar refractivity (Wildman–Crippen MR) is 224 cm³/mol. The third-order valence-corrected chi connectivity index (χ3v) is 10.3. The van der Waals surface area contributed by atoms with Crippen LogP contribution in [0.1, 0.15) is 185 Å². The van der Waals surface area contributed by atoms with Crippen LogP contribution in [-0.4, -0.2) is 67.9 Å². The number of fused-ring (bicyclic) bond motifs is 2. The van der Waals surface area contributed by atoms with Crippen molar-refractivity contribution in [1.29, 1.82) is 0 Å². The highest BCUT2D eigenvalue weighted by Crippen LogP contribution is 2.38. The summed E-state index contributed by atoms with van der Waals surface area (Å²) in [4.78, 5) is 95.9. The first kappa shape index (κ1) is 47.5. The Labute approximate surface area is 345 Å². The topological polar surface area (TPSA) is 322 Å². The second-order valence-corrected chi connectivity index (χ2v) is 14.4. The molecular formula is C44H52N4O12. The average Bonchev–Trinajstić information content (AvgIpc) is 3.18. The van der Waals surface area contributed by atoms with Crippen molar-refractivity contribution in [2.45, 2.75) is 104 Å². The molecule has 0 spiro atoms. The summed E-state index contributed by atoms with van der Waals surface area (Å²) in [5.41, 5.74) is 21.5. The zero-order chi connectivity index (χ0) is 44.8. The summed E-state index contributed by atoms with van der Waals surface area (Å²) in [6.45, 7) is 4.28. The minimum atomic E-state index is -1.40. The molecule has 0 saturated heterocycles. The molecule has 0 aromatic heterocycles. The molecule has 4 amide bonds. The number of carboxylic acid groups (broad SMARTS) is 4. The molecule has 12 N–H and O–H groups in total. The molecule has 0 fully saturated rings. The smallest absolute Gasteiger partial charge is 0.336 e. The van der Waals surface area contributed by atoms with E-state index >= 15 is 0 Å². The van der Waals surface area contributed by atoms with E-state index in [0.717, 1.165) is 113 Å².